The molecule has 0 aliphatic rings. The maximum absolute atomic E-state index is 5.88. The van der Waals surface area contributed by atoms with E-state index in [1.165, 1.54) is 0 Å². The molecule has 2 aromatic carbocycles. The van der Waals surface area contributed by atoms with Crippen LogP contribution in [0.3, 0.4) is 0 Å². The average molecular weight is 360 g/mol. The second-order valence-corrected chi connectivity index (χ2v) is 6.68. The minimum atomic E-state index is 0.697. The lowest BCUT2D eigenvalue weighted by molar-refractivity contribution is 0.195. The van der Waals surface area contributed by atoms with Crippen molar-refractivity contribution in [2.24, 2.45) is 0 Å². The van der Waals surface area contributed by atoms with Crippen LogP contribution in [-0.2, 0) is 11.2 Å². The SMILES string of the molecule is COCCCc1nc(-c2ccc(Oc3ccc(Cl)cc3)cc2)cs1. The summed E-state index contributed by atoms with van der Waals surface area (Å²) in [5.74, 6) is 1.55. The van der Waals surface area contributed by atoms with Gasteiger partial charge in [0, 0.05) is 36.1 Å². The van der Waals surface area contributed by atoms with Gasteiger partial charge in [-0.3, -0.25) is 0 Å². The summed E-state index contributed by atoms with van der Waals surface area (Å²) in [7, 11) is 1.72. The molecule has 0 radical (unpaired) electrons. The van der Waals surface area contributed by atoms with E-state index in [1.807, 2.05) is 48.5 Å². The Kier molecular flexibility index (Phi) is 5.86. The van der Waals surface area contributed by atoms with Gasteiger partial charge in [0.25, 0.3) is 0 Å². The molecule has 0 N–H and O–H groups in total. The molecule has 0 atom stereocenters. The summed E-state index contributed by atoms with van der Waals surface area (Å²) in [6.45, 7) is 0.769. The zero-order chi connectivity index (χ0) is 16.8. The highest BCUT2D eigenvalue weighted by Crippen LogP contribution is 2.27. The standard InChI is InChI=1S/C19H18ClNO2S/c1-22-12-2-3-19-21-18(13-24-19)14-4-8-16(9-5-14)23-17-10-6-15(20)7-11-17/h4-11,13H,2-3,12H2,1H3. The van der Waals surface area contributed by atoms with Gasteiger partial charge in [-0.25, -0.2) is 4.98 Å². The third kappa shape index (κ3) is 4.57. The van der Waals surface area contributed by atoms with E-state index in [0.717, 1.165) is 47.2 Å². The van der Waals surface area contributed by atoms with E-state index in [2.05, 4.69) is 10.4 Å². The lowest BCUT2D eigenvalue weighted by atomic mass is 10.2. The van der Waals surface area contributed by atoms with Gasteiger partial charge in [0.15, 0.2) is 0 Å². The van der Waals surface area contributed by atoms with Crippen LogP contribution < -0.4 is 4.74 Å². The summed E-state index contributed by atoms with van der Waals surface area (Å²) in [6.07, 6.45) is 1.95. The molecule has 3 rings (SSSR count). The number of thiazole rings is 1. The Labute approximate surface area is 150 Å². The van der Waals surface area contributed by atoms with Crippen LogP contribution in [0.1, 0.15) is 11.4 Å². The molecule has 3 aromatic rings. The number of halogens is 1. The first-order valence-electron chi connectivity index (χ1n) is 7.72. The monoisotopic (exact) mass is 359 g/mol. The minimum absolute atomic E-state index is 0.697. The van der Waals surface area contributed by atoms with Gasteiger partial charge in [0.1, 0.15) is 11.5 Å². The normalized spacial score (nSPS) is 10.8. The third-order valence-corrected chi connectivity index (χ3v) is 4.65. The summed E-state index contributed by atoms with van der Waals surface area (Å²) in [4.78, 5) is 4.68. The van der Waals surface area contributed by atoms with E-state index in [0.29, 0.717) is 5.02 Å². The Balaban J connectivity index is 1.64. The molecule has 0 unspecified atom stereocenters. The average Bonchev–Trinajstić information content (AvgIpc) is 3.07. The number of ether oxygens (including phenoxy) is 2. The first-order valence-corrected chi connectivity index (χ1v) is 8.97. The van der Waals surface area contributed by atoms with Crippen LogP contribution in [0.2, 0.25) is 5.02 Å². The van der Waals surface area contributed by atoms with Gasteiger partial charge in [0.2, 0.25) is 0 Å². The second kappa shape index (κ2) is 8.29. The smallest absolute Gasteiger partial charge is 0.127 e. The van der Waals surface area contributed by atoms with E-state index >= 15 is 0 Å². The van der Waals surface area contributed by atoms with Crippen molar-refractivity contribution in [1.82, 2.24) is 4.98 Å². The molecule has 0 aliphatic heterocycles. The maximum Gasteiger partial charge on any atom is 0.127 e. The van der Waals surface area contributed by atoms with Crippen molar-refractivity contribution >= 4 is 22.9 Å². The van der Waals surface area contributed by atoms with Crippen LogP contribution in [-0.4, -0.2) is 18.7 Å². The maximum atomic E-state index is 5.88. The van der Waals surface area contributed by atoms with Crippen molar-refractivity contribution in [3.63, 3.8) is 0 Å². The first kappa shape index (κ1) is 17.0. The Bertz CT molecular complexity index is 769. The first-order chi connectivity index (χ1) is 11.7. The summed E-state index contributed by atoms with van der Waals surface area (Å²) in [5.41, 5.74) is 2.10. The van der Waals surface area contributed by atoms with Crippen molar-refractivity contribution in [2.75, 3.05) is 13.7 Å². The molecule has 1 heterocycles. The topological polar surface area (TPSA) is 31.4 Å². The van der Waals surface area contributed by atoms with Crippen LogP contribution in [0.4, 0.5) is 0 Å². The summed E-state index contributed by atoms with van der Waals surface area (Å²) in [6, 6.07) is 15.3. The van der Waals surface area contributed by atoms with E-state index in [1.54, 1.807) is 18.4 Å². The summed E-state index contributed by atoms with van der Waals surface area (Å²) >= 11 is 7.57. The molecule has 24 heavy (non-hydrogen) atoms. The molecule has 0 saturated heterocycles. The summed E-state index contributed by atoms with van der Waals surface area (Å²) < 4.78 is 10.9. The largest absolute Gasteiger partial charge is 0.457 e. The predicted molar refractivity (Wildman–Crippen MR) is 99.3 cm³/mol. The van der Waals surface area contributed by atoms with Crippen molar-refractivity contribution in [2.45, 2.75) is 12.8 Å². The number of aromatic nitrogens is 1. The lowest BCUT2D eigenvalue weighted by Gasteiger charge is -2.06. The van der Waals surface area contributed by atoms with Crippen LogP contribution in [0.5, 0.6) is 11.5 Å². The molecule has 0 amide bonds. The van der Waals surface area contributed by atoms with Crippen molar-refractivity contribution in [3.8, 4) is 22.8 Å². The molecule has 0 bridgehead atoms. The Morgan fingerprint density at radius 3 is 2.33 bits per heavy atom. The molecule has 0 spiro atoms. The number of hydrogen-bond donors (Lipinski definition) is 0. The van der Waals surface area contributed by atoms with Crippen LogP contribution in [0.25, 0.3) is 11.3 Å². The number of aryl methyl sites for hydroxylation is 1. The van der Waals surface area contributed by atoms with E-state index in [4.69, 9.17) is 21.1 Å². The zero-order valence-electron chi connectivity index (χ0n) is 13.4. The fourth-order valence-corrected chi connectivity index (χ4v) is 3.23. The van der Waals surface area contributed by atoms with Crippen LogP contribution in [0, 0.1) is 0 Å². The highest BCUT2D eigenvalue weighted by molar-refractivity contribution is 7.09. The number of methoxy groups -OCH3 is 1. The van der Waals surface area contributed by atoms with Crippen molar-refractivity contribution in [1.29, 1.82) is 0 Å². The lowest BCUT2D eigenvalue weighted by Crippen LogP contribution is -1.92. The molecule has 0 saturated carbocycles. The molecule has 0 fully saturated rings. The van der Waals surface area contributed by atoms with Gasteiger partial charge < -0.3 is 9.47 Å². The van der Waals surface area contributed by atoms with Gasteiger partial charge in [-0.05, 0) is 55.0 Å². The van der Waals surface area contributed by atoms with Crippen molar-refractivity contribution in [3.05, 3.63) is 63.9 Å². The molecule has 5 heteroatoms. The Hall–Kier alpha value is -1.88. The molecule has 1 aromatic heterocycles. The highest BCUT2D eigenvalue weighted by atomic mass is 35.5. The minimum Gasteiger partial charge on any atom is -0.457 e. The second-order valence-electron chi connectivity index (χ2n) is 5.30. The zero-order valence-corrected chi connectivity index (χ0v) is 14.9. The molecule has 3 nitrogen and oxygen atoms in total. The summed E-state index contributed by atoms with van der Waals surface area (Å²) in [5, 5.41) is 3.93. The van der Waals surface area contributed by atoms with Gasteiger partial charge in [-0.1, -0.05) is 11.6 Å². The third-order valence-electron chi connectivity index (χ3n) is 3.49. The molecular weight excluding hydrogens is 342 g/mol. The van der Waals surface area contributed by atoms with E-state index < -0.39 is 0 Å². The van der Waals surface area contributed by atoms with Gasteiger partial charge >= 0.3 is 0 Å². The van der Waals surface area contributed by atoms with Gasteiger partial charge in [0.05, 0.1) is 10.7 Å². The van der Waals surface area contributed by atoms with Crippen LogP contribution >= 0.6 is 22.9 Å². The predicted octanol–water partition coefficient (Wildman–Crippen LogP) is 5.83. The Morgan fingerprint density at radius 2 is 1.67 bits per heavy atom. The molecular formula is C19H18ClNO2S. The number of benzene rings is 2. The van der Waals surface area contributed by atoms with Gasteiger partial charge in [-0.15, -0.1) is 11.3 Å². The highest BCUT2D eigenvalue weighted by Gasteiger charge is 2.05. The fourth-order valence-electron chi connectivity index (χ4n) is 2.26. The van der Waals surface area contributed by atoms with E-state index in [9.17, 15) is 0 Å². The quantitative estimate of drug-likeness (QED) is 0.497. The number of rotatable bonds is 7. The van der Waals surface area contributed by atoms with Crippen LogP contribution in [0.15, 0.2) is 53.9 Å². The molecule has 0 aliphatic carbocycles. The van der Waals surface area contributed by atoms with Crippen molar-refractivity contribution < 1.29 is 9.47 Å². The number of hydrogen-bond acceptors (Lipinski definition) is 4. The number of nitrogens with zero attached hydrogens (tertiary/aromatic N) is 1. The van der Waals surface area contributed by atoms with Gasteiger partial charge in [-0.2, -0.15) is 0 Å². The molecule has 124 valence electrons. The Morgan fingerprint density at radius 1 is 1.00 bits per heavy atom. The van der Waals surface area contributed by atoms with E-state index in [-0.39, 0.29) is 0 Å². The fraction of sp³-hybridized carbons (Fsp3) is 0.211.